The van der Waals surface area contributed by atoms with E-state index >= 15 is 0 Å². The van der Waals surface area contributed by atoms with Crippen LogP contribution in [0.5, 0.6) is 0 Å². The van der Waals surface area contributed by atoms with E-state index in [1.54, 1.807) is 0 Å². The molecule has 38 heavy (non-hydrogen) atoms. The molecule has 8 heteroatoms. The van der Waals surface area contributed by atoms with Crippen LogP contribution in [-0.4, -0.2) is 56.3 Å². The van der Waals surface area contributed by atoms with Crippen LogP contribution in [0.3, 0.4) is 0 Å². The second-order valence-electron chi connectivity index (χ2n) is 13.9. The topological polar surface area (TPSA) is 96.9 Å². The first-order chi connectivity index (χ1) is 17.3. The van der Waals surface area contributed by atoms with Crippen molar-refractivity contribution < 1.29 is 23.9 Å². The lowest BCUT2D eigenvalue weighted by Gasteiger charge is -2.43. The molecule has 0 aliphatic heterocycles. The number of nitrogens with one attached hydrogen (secondary N) is 2. The molecule has 0 aliphatic carbocycles. The highest BCUT2D eigenvalue weighted by Crippen LogP contribution is 2.43. The van der Waals surface area contributed by atoms with Crippen LogP contribution in [0.25, 0.3) is 0 Å². The molecule has 2 amide bonds. The van der Waals surface area contributed by atoms with Crippen molar-refractivity contribution in [3.05, 3.63) is 0 Å². The van der Waals surface area contributed by atoms with E-state index in [-0.39, 0.29) is 23.7 Å². The predicted octanol–water partition coefficient (Wildman–Crippen LogP) is 7.18. The predicted molar refractivity (Wildman–Crippen MR) is 161 cm³/mol. The van der Waals surface area contributed by atoms with Crippen LogP contribution < -0.4 is 10.6 Å². The molecule has 0 aliphatic rings. The van der Waals surface area contributed by atoms with Gasteiger partial charge in [-0.3, -0.25) is 4.79 Å². The number of carbonyl (C=O) groups excluding carboxylic acids is 2. The van der Waals surface area contributed by atoms with E-state index in [2.05, 4.69) is 72.9 Å². The normalized spacial score (nSPS) is 15.5. The van der Waals surface area contributed by atoms with Crippen LogP contribution >= 0.6 is 0 Å². The van der Waals surface area contributed by atoms with E-state index < -0.39 is 32.2 Å². The van der Waals surface area contributed by atoms with Gasteiger partial charge in [0, 0.05) is 19.1 Å². The standard InChI is InChI=1S/C30H62N2O5Si/c1-14-15-17-31-27(34)24(8)19-26(33)25(32-28(35)37-29(9,10)11)20-30(12,13)16-18-36-38(21(2)3,22(4)5)23(6)7/h21-26,33H,14-20H2,1-13H3,(H,31,34)(H,32,35)/t24-,25+,26+/m1/s1. The third-order valence-electron chi connectivity index (χ3n) is 7.65. The van der Waals surface area contributed by atoms with Gasteiger partial charge in [0.25, 0.3) is 0 Å². The largest absolute Gasteiger partial charge is 0.444 e. The molecule has 0 aromatic heterocycles. The van der Waals surface area contributed by atoms with Crippen molar-refractivity contribution in [2.24, 2.45) is 11.3 Å². The molecule has 0 rings (SSSR count). The molecule has 0 aromatic rings. The molecular formula is C30H62N2O5Si. The monoisotopic (exact) mass is 558 g/mol. The fraction of sp³-hybridized carbons (Fsp3) is 0.933. The lowest BCUT2D eigenvalue weighted by atomic mass is 9.80. The molecule has 0 spiro atoms. The Hall–Kier alpha value is -1.12. The Balaban J connectivity index is 5.54. The second-order valence-corrected chi connectivity index (χ2v) is 19.3. The summed E-state index contributed by atoms with van der Waals surface area (Å²) in [6.07, 6.45) is 2.10. The second kappa shape index (κ2) is 16.2. The smallest absolute Gasteiger partial charge is 0.407 e. The Labute approximate surface area is 235 Å². The van der Waals surface area contributed by atoms with Gasteiger partial charge in [0.15, 0.2) is 8.32 Å². The molecule has 0 aromatic carbocycles. The number of aliphatic hydroxyl groups excluding tert-OH is 1. The first-order valence-corrected chi connectivity index (χ1v) is 17.0. The van der Waals surface area contributed by atoms with Crippen LogP contribution in [-0.2, 0) is 14.0 Å². The van der Waals surface area contributed by atoms with Crippen molar-refractivity contribution in [1.29, 1.82) is 0 Å². The van der Waals surface area contributed by atoms with Crippen molar-refractivity contribution in [3.63, 3.8) is 0 Å². The molecule has 0 bridgehead atoms. The van der Waals surface area contributed by atoms with E-state index in [1.165, 1.54) is 0 Å². The van der Waals surface area contributed by atoms with E-state index in [0.29, 0.717) is 36.2 Å². The Morgan fingerprint density at radius 1 is 0.921 bits per heavy atom. The lowest BCUT2D eigenvalue weighted by Crippen LogP contribution is -2.49. The Morgan fingerprint density at radius 2 is 1.45 bits per heavy atom. The van der Waals surface area contributed by atoms with Gasteiger partial charge in [-0.15, -0.1) is 0 Å². The summed E-state index contributed by atoms with van der Waals surface area (Å²) in [5, 5.41) is 17.1. The third kappa shape index (κ3) is 12.8. The zero-order valence-corrected chi connectivity index (χ0v) is 28.0. The molecule has 0 radical (unpaired) electrons. The summed E-state index contributed by atoms with van der Waals surface area (Å²) in [4.78, 5) is 25.2. The van der Waals surface area contributed by atoms with E-state index in [4.69, 9.17) is 9.16 Å². The van der Waals surface area contributed by atoms with Gasteiger partial charge in [0.1, 0.15) is 5.60 Å². The molecule has 7 nitrogen and oxygen atoms in total. The van der Waals surface area contributed by atoms with Crippen LogP contribution in [0.4, 0.5) is 4.79 Å². The summed E-state index contributed by atoms with van der Waals surface area (Å²) in [6.45, 7) is 28.6. The van der Waals surface area contributed by atoms with Crippen molar-refractivity contribution in [2.75, 3.05) is 13.2 Å². The molecule has 0 saturated heterocycles. The quantitative estimate of drug-likeness (QED) is 0.130. The number of hydrogen-bond acceptors (Lipinski definition) is 5. The summed E-state index contributed by atoms with van der Waals surface area (Å²) in [6, 6.07) is -0.548. The number of amides is 2. The van der Waals surface area contributed by atoms with E-state index in [9.17, 15) is 14.7 Å². The SMILES string of the molecule is CCCCNC(=O)[C@H](C)C[C@H](O)[C@H](CC(C)(C)CCO[Si](C(C)C)(C(C)C)C(C)C)NC(=O)OC(C)(C)C. The minimum Gasteiger partial charge on any atom is -0.444 e. The van der Waals surface area contributed by atoms with Gasteiger partial charge in [-0.1, -0.05) is 75.7 Å². The number of ether oxygens (including phenoxy) is 1. The highest BCUT2D eigenvalue weighted by Gasteiger charge is 2.45. The van der Waals surface area contributed by atoms with Crippen LogP contribution in [0.1, 0.15) is 122 Å². The number of aliphatic hydroxyl groups is 1. The maximum Gasteiger partial charge on any atom is 0.407 e. The minimum atomic E-state index is -1.97. The molecule has 3 N–H and O–H groups in total. The summed E-state index contributed by atoms with van der Waals surface area (Å²) in [7, 11) is -1.97. The highest BCUT2D eigenvalue weighted by atomic mass is 28.4. The summed E-state index contributed by atoms with van der Waals surface area (Å²) < 4.78 is 12.3. The fourth-order valence-electron chi connectivity index (χ4n) is 5.64. The van der Waals surface area contributed by atoms with Crippen LogP contribution in [0, 0.1) is 11.3 Å². The molecule has 226 valence electrons. The number of carbonyl (C=O) groups is 2. The van der Waals surface area contributed by atoms with E-state index in [0.717, 1.165) is 19.3 Å². The van der Waals surface area contributed by atoms with Crippen molar-refractivity contribution in [1.82, 2.24) is 10.6 Å². The van der Waals surface area contributed by atoms with Crippen LogP contribution in [0.15, 0.2) is 0 Å². The first-order valence-electron chi connectivity index (χ1n) is 14.9. The van der Waals surface area contributed by atoms with Gasteiger partial charge >= 0.3 is 6.09 Å². The third-order valence-corrected chi connectivity index (χ3v) is 13.8. The number of unbranched alkanes of at least 4 members (excludes halogenated alkanes) is 1. The van der Waals surface area contributed by atoms with Gasteiger partial charge in [0.2, 0.25) is 5.91 Å². The van der Waals surface area contributed by atoms with Gasteiger partial charge in [-0.05, 0) is 68.5 Å². The number of rotatable bonds is 17. The Kier molecular flexibility index (Phi) is 15.7. The zero-order valence-electron chi connectivity index (χ0n) is 27.0. The van der Waals surface area contributed by atoms with Crippen molar-refractivity contribution in [3.8, 4) is 0 Å². The molecule has 0 saturated carbocycles. The minimum absolute atomic E-state index is 0.0708. The Bertz CT molecular complexity index is 681. The Morgan fingerprint density at radius 3 is 1.89 bits per heavy atom. The van der Waals surface area contributed by atoms with Gasteiger partial charge < -0.3 is 24.9 Å². The average molecular weight is 559 g/mol. The maximum atomic E-state index is 12.7. The van der Waals surface area contributed by atoms with Crippen molar-refractivity contribution >= 4 is 20.3 Å². The molecule has 0 heterocycles. The molecule has 0 fully saturated rings. The summed E-state index contributed by atoms with van der Waals surface area (Å²) in [5.41, 5.74) is 0.684. The zero-order chi connectivity index (χ0) is 29.9. The first kappa shape index (κ1) is 36.9. The summed E-state index contributed by atoms with van der Waals surface area (Å²) >= 11 is 0. The molecular weight excluding hydrogens is 496 g/mol. The van der Waals surface area contributed by atoms with Gasteiger partial charge in [0.05, 0.1) is 12.1 Å². The highest BCUT2D eigenvalue weighted by molar-refractivity contribution is 6.77. The summed E-state index contributed by atoms with van der Waals surface area (Å²) in [5.74, 6) is -0.440. The molecule has 3 atom stereocenters. The number of hydrogen-bond donors (Lipinski definition) is 3. The maximum absolute atomic E-state index is 12.7. The average Bonchev–Trinajstić information content (AvgIpc) is 2.73. The van der Waals surface area contributed by atoms with Gasteiger partial charge in [-0.25, -0.2) is 4.79 Å². The van der Waals surface area contributed by atoms with Crippen LogP contribution in [0.2, 0.25) is 16.6 Å². The van der Waals surface area contributed by atoms with Gasteiger partial charge in [-0.2, -0.15) is 0 Å². The number of alkyl carbamates (subject to hydrolysis) is 1. The van der Waals surface area contributed by atoms with Crippen molar-refractivity contribution in [2.45, 2.75) is 156 Å². The van der Waals surface area contributed by atoms with E-state index in [1.807, 2.05) is 27.7 Å². The fourth-order valence-corrected chi connectivity index (χ4v) is 11.1. The molecule has 0 unspecified atom stereocenters. The lowest BCUT2D eigenvalue weighted by molar-refractivity contribution is -0.125.